The third-order valence-electron chi connectivity index (χ3n) is 2.92. The molecule has 0 bridgehead atoms. The van der Waals surface area contributed by atoms with Gasteiger partial charge in [0.2, 0.25) is 0 Å². The van der Waals surface area contributed by atoms with E-state index >= 15 is 0 Å². The first-order valence-corrected chi connectivity index (χ1v) is 7.66. The molecule has 0 spiro atoms. The number of rotatable bonds is 8. The van der Waals surface area contributed by atoms with E-state index in [2.05, 4.69) is 45.3 Å². The molecule has 1 heterocycles. The molecule has 1 aromatic heterocycles. The highest BCUT2D eigenvalue weighted by Crippen LogP contribution is 2.26. The van der Waals surface area contributed by atoms with Crippen molar-refractivity contribution in [3.63, 3.8) is 0 Å². The Morgan fingerprint density at radius 1 is 1.40 bits per heavy atom. The maximum atomic E-state index is 5.77. The first kappa shape index (κ1) is 15.1. The van der Waals surface area contributed by atoms with Gasteiger partial charge >= 0.3 is 0 Å². The summed E-state index contributed by atoms with van der Waals surface area (Å²) in [4.78, 5) is 4.00. The number of aromatic nitrogens is 2. The van der Waals surface area contributed by atoms with Crippen LogP contribution in [0.15, 0.2) is 41.4 Å². The van der Waals surface area contributed by atoms with Crippen LogP contribution in [0.3, 0.4) is 0 Å². The molecule has 0 unspecified atom stereocenters. The van der Waals surface area contributed by atoms with Gasteiger partial charge in [0.15, 0.2) is 0 Å². The standard InChI is InChI=1S/C15H20BrN3O/c1-2-5-17-11-13-3-4-15(14(16)10-13)20-9-8-19-7-6-18-12-19/h3-4,6-7,10,12,17H,2,5,8-9,11H2,1H3. The Bertz CT molecular complexity index is 514. The Labute approximate surface area is 128 Å². The van der Waals surface area contributed by atoms with Crippen molar-refractivity contribution in [1.29, 1.82) is 0 Å². The lowest BCUT2D eigenvalue weighted by molar-refractivity contribution is 0.296. The van der Waals surface area contributed by atoms with Crippen LogP contribution in [0.4, 0.5) is 0 Å². The molecule has 1 N–H and O–H groups in total. The van der Waals surface area contributed by atoms with Gasteiger partial charge < -0.3 is 14.6 Å². The predicted octanol–water partition coefficient (Wildman–Crippen LogP) is 3.22. The maximum Gasteiger partial charge on any atom is 0.133 e. The van der Waals surface area contributed by atoms with E-state index in [4.69, 9.17) is 4.74 Å². The normalized spacial score (nSPS) is 10.7. The summed E-state index contributed by atoms with van der Waals surface area (Å²) in [5, 5.41) is 3.39. The predicted molar refractivity (Wildman–Crippen MR) is 83.9 cm³/mol. The molecule has 2 aromatic rings. The van der Waals surface area contributed by atoms with E-state index in [1.165, 1.54) is 5.56 Å². The number of ether oxygens (including phenoxy) is 1. The lowest BCUT2D eigenvalue weighted by Gasteiger charge is -2.10. The van der Waals surface area contributed by atoms with Crippen LogP contribution >= 0.6 is 15.9 Å². The van der Waals surface area contributed by atoms with Gasteiger partial charge in [0, 0.05) is 18.9 Å². The smallest absolute Gasteiger partial charge is 0.133 e. The molecule has 0 saturated carbocycles. The fourth-order valence-corrected chi connectivity index (χ4v) is 2.40. The third kappa shape index (κ3) is 4.65. The molecule has 0 fully saturated rings. The van der Waals surface area contributed by atoms with Gasteiger partial charge in [0.25, 0.3) is 0 Å². The van der Waals surface area contributed by atoms with E-state index in [1.807, 2.05) is 16.8 Å². The highest BCUT2D eigenvalue weighted by molar-refractivity contribution is 9.10. The lowest BCUT2D eigenvalue weighted by Crippen LogP contribution is -2.13. The summed E-state index contributed by atoms with van der Waals surface area (Å²) in [6.07, 6.45) is 6.65. The molecule has 2 rings (SSSR count). The van der Waals surface area contributed by atoms with Crippen LogP contribution in [-0.4, -0.2) is 22.7 Å². The largest absolute Gasteiger partial charge is 0.491 e. The summed E-state index contributed by atoms with van der Waals surface area (Å²) in [5.41, 5.74) is 1.26. The molecule has 0 radical (unpaired) electrons. The highest BCUT2D eigenvalue weighted by atomic mass is 79.9. The zero-order valence-corrected chi connectivity index (χ0v) is 13.3. The topological polar surface area (TPSA) is 39.1 Å². The summed E-state index contributed by atoms with van der Waals surface area (Å²) in [6, 6.07) is 6.22. The Morgan fingerprint density at radius 3 is 3.00 bits per heavy atom. The molecule has 0 aliphatic heterocycles. The Hall–Kier alpha value is -1.33. The second kappa shape index (κ2) is 8.07. The summed E-state index contributed by atoms with van der Waals surface area (Å²) in [5.74, 6) is 0.879. The minimum Gasteiger partial charge on any atom is -0.491 e. The van der Waals surface area contributed by atoms with Crippen LogP contribution in [0.25, 0.3) is 0 Å². The van der Waals surface area contributed by atoms with Crippen LogP contribution in [0.5, 0.6) is 5.75 Å². The molecule has 0 aliphatic carbocycles. The van der Waals surface area contributed by atoms with Gasteiger partial charge in [-0.25, -0.2) is 4.98 Å². The molecule has 0 atom stereocenters. The van der Waals surface area contributed by atoms with E-state index in [0.29, 0.717) is 6.61 Å². The highest BCUT2D eigenvalue weighted by Gasteiger charge is 2.03. The zero-order chi connectivity index (χ0) is 14.2. The minimum atomic E-state index is 0.627. The van der Waals surface area contributed by atoms with E-state index < -0.39 is 0 Å². The molecule has 20 heavy (non-hydrogen) atoms. The van der Waals surface area contributed by atoms with Gasteiger partial charge in [0.1, 0.15) is 12.4 Å². The van der Waals surface area contributed by atoms with Crippen LogP contribution in [0, 0.1) is 0 Å². The number of hydrogen-bond donors (Lipinski definition) is 1. The molecular weight excluding hydrogens is 318 g/mol. The zero-order valence-electron chi connectivity index (χ0n) is 11.7. The van der Waals surface area contributed by atoms with E-state index in [9.17, 15) is 0 Å². The van der Waals surface area contributed by atoms with Crippen molar-refractivity contribution in [1.82, 2.24) is 14.9 Å². The second-order valence-corrected chi connectivity index (χ2v) is 5.44. The number of benzene rings is 1. The first-order chi connectivity index (χ1) is 9.79. The van der Waals surface area contributed by atoms with Gasteiger partial charge in [0.05, 0.1) is 17.3 Å². The van der Waals surface area contributed by atoms with Crippen LogP contribution < -0.4 is 10.1 Å². The molecule has 5 heteroatoms. The van der Waals surface area contributed by atoms with Crippen molar-refractivity contribution in [2.45, 2.75) is 26.4 Å². The van der Waals surface area contributed by atoms with Crippen LogP contribution in [0.2, 0.25) is 0 Å². The SMILES string of the molecule is CCCNCc1ccc(OCCn2ccnc2)c(Br)c1. The van der Waals surface area contributed by atoms with Gasteiger partial charge in [-0.3, -0.25) is 0 Å². The monoisotopic (exact) mass is 337 g/mol. The van der Waals surface area contributed by atoms with Gasteiger partial charge in [-0.15, -0.1) is 0 Å². The molecular formula is C15H20BrN3O. The fraction of sp³-hybridized carbons (Fsp3) is 0.400. The van der Waals surface area contributed by atoms with Crippen molar-refractivity contribution < 1.29 is 4.74 Å². The average molecular weight is 338 g/mol. The van der Waals surface area contributed by atoms with E-state index in [0.717, 1.165) is 36.3 Å². The number of halogens is 1. The third-order valence-corrected chi connectivity index (χ3v) is 3.54. The Kier molecular flexibility index (Phi) is 6.08. The molecule has 0 aliphatic rings. The average Bonchev–Trinajstić information content (AvgIpc) is 2.95. The molecule has 4 nitrogen and oxygen atoms in total. The lowest BCUT2D eigenvalue weighted by atomic mass is 10.2. The quantitative estimate of drug-likeness (QED) is 0.751. The number of imidazole rings is 1. The van der Waals surface area contributed by atoms with E-state index in [1.54, 1.807) is 12.5 Å². The van der Waals surface area contributed by atoms with Gasteiger partial charge in [-0.2, -0.15) is 0 Å². The summed E-state index contributed by atoms with van der Waals surface area (Å²) in [6.45, 7) is 5.53. The molecule has 108 valence electrons. The van der Waals surface area contributed by atoms with Crippen molar-refractivity contribution in [2.24, 2.45) is 0 Å². The fourth-order valence-electron chi connectivity index (χ4n) is 1.86. The molecule has 0 saturated heterocycles. The summed E-state index contributed by atoms with van der Waals surface area (Å²) < 4.78 is 8.77. The van der Waals surface area contributed by atoms with E-state index in [-0.39, 0.29) is 0 Å². The Morgan fingerprint density at radius 2 is 2.30 bits per heavy atom. The number of hydrogen-bond acceptors (Lipinski definition) is 3. The van der Waals surface area contributed by atoms with Crippen LogP contribution in [-0.2, 0) is 13.1 Å². The van der Waals surface area contributed by atoms with Gasteiger partial charge in [-0.05, 0) is 46.6 Å². The second-order valence-electron chi connectivity index (χ2n) is 4.59. The maximum absolute atomic E-state index is 5.77. The van der Waals surface area contributed by atoms with Crippen LogP contribution in [0.1, 0.15) is 18.9 Å². The first-order valence-electron chi connectivity index (χ1n) is 6.87. The van der Waals surface area contributed by atoms with Crippen molar-refractivity contribution >= 4 is 15.9 Å². The van der Waals surface area contributed by atoms with Crippen molar-refractivity contribution in [3.05, 3.63) is 47.0 Å². The van der Waals surface area contributed by atoms with Crippen molar-refractivity contribution in [2.75, 3.05) is 13.2 Å². The van der Waals surface area contributed by atoms with Crippen molar-refractivity contribution in [3.8, 4) is 5.75 Å². The number of nitrogens with one attached hydrogen (secondary N) is 1. The van der Waals surface area contributed by atoms with Gasteiger partial charge in [-0.1, -0.05) is 13.0 Å². The minimum absolute atomic E-state index is 0.627. The molecule has 0 amide bonds. The molecule has 1 aromatic carbocycles. The summed E-state index contributed by atoms with van der Waals surface area (Å²) >= 11 is 3.56. The summed E-state index contributed by atoms with van der Waals surface area (Å²) in [7, 11) is 0. The number of nitrogens with zero attached hydrogens (tertiary/aromatic N) is 2. The Balaban J connectivity index is 1.82.